The van der Waals surface area contributed by atoms with E-state index in [2.05, 4.69) is 70.5 Å². The summed E-state index contributed by atoms with van der Waals surface area (Å²) in [5.74, 6) is 1.77. The molecule has 2 aliphatic heterocycles. The minimum Gasteiger partial charge on any atom is -0.495 e. The molecule has 0 unspecified atom stereocenters. The van der Waals surface area contributed by atoms with Gasteiger partial charge in [-0.1, -0.05) is 41.1 Å². The molecule has 3 aromatic rings. The van der Waals surface area contributed by atoms with Crippen LogP contribution < -0.4 is 4.74 Å². The predicted molar refractivity (Wildman–Crippen MR) is 131 cm³/mol. The number of rotatable bonds is 4. The highest BCUT2D eigenvalue weighted by Crippen LogP contribution is 2.34. The first-order valence-corrected chi connectivity index (χ1v) is 11.6. The fourth-order valence-corrected chi connectivity index (χ4v) is 4.80. The first-order chi connectivity index (χ1) is 16.1. The van der Waals surface area contributed by atoms with E-state index in [0.717, 1.165) is 54.3 Å². The highest BCUT2D eigenvalue weighted by atomic mass is 16.6. The molecule has 1 atom stereocenters. The lowest BCUT2D eigenvalue weighted by atomic mass is 9.94. The van der Waals surface area contributed by atoms with Crippen molar-refractivity contribution in [2.24, 2.45) is 5.16 Å². The fourth-order valence-electron chi connectivity index (χ4n) is 4.80. The molecule has 0 amide bonds. The average Bonchev–Trinajstić information content (AvgIpc) is 3.13. The van der Waals surface area contributed by atoms with Gasteiger partial charge in [-0.3, -0.25) is 0 Å². The molecule has 6 heteroatoms. The lowest BCUT2D eigenvalue weighted by molar-refractivity contribution is 0.140. The first kappa shape index (κ1) is 21.3. The molecule has 3 heterocycles. The van der Waals surface area contributed by atoms with Crippen molar-refractivity contribution in [3.8, 4) is 11.4 Å². The number of piperidine rings is 1. The van der Waals surface area contributed by atoms with Crippen LogP contribution in [0.3, 0.4) is 0 Å². The van der Waals surface area contributed by atoms with Gasteiger partial charge in [0.1, 0.15) is 12.4 Å². The summed E-state index contributed by atoms with van der Waals surface area (Å²) in [4.78, 5) is 12.5. The monoisotopic (exact) mass is 442 g/mol. The van der Waals surface area contributed by atoms with Gasteiger partial charge in [-0.05, 0) is 61.6 Å². The number of amidine groups is 1. The average molecular weight is 443 g/mol. The number of aryl methyl sites for hydroxylation is 2. The Bertz CT molecular complexity index is 1210. The number of oxime groups is 1. The van der Waals surface area contributed by atoms with E-state index in [1.807, 2.05) is 24.0 Å². The van der Waals surface area contributed by atoms with Crippen molar-refractivity contribution >= 4 is 11.9 Å². The molecule has 1 fully saturated rings. The molecule has 2 aromatic carbocycles. The molecule has 5 rings (SSSR count). The zero-order valence-corrected chi connectivity index (χ0v) is 19.5. The molecule has 33 heavy (non-hydrogen) atoms. The lowest BCUT2D eigenvalue weighted by Gasteiger charge is -2.36. The number of hydrogen-bond donors (Lipinski definition) is 0. The van der Waals surface area contributed by atoms with Crippen LogP contribution in [0.5, 0.6) is 5.75 Å². The van der Waals surface area contributed by atoms with E-state index < -0.39 is 0 Å². The Labute approximate surface area is 195 Å². The summed E-state index contributed by atoms with van der Waals surface area (Å²) in [5, 5.41) is 4.56. The van der Waals surface area contributed by atoms with Crippen LogP contribution in [0.15, 0.2) is 65.7 Å². The number of fused-ring (bicyclic) bond motifs is 1. The number of benzene rings is 2. The van der Waals surface area contributed by atoms with Crippen molar-refractivity contribution in [3.63, 3.8) is 0 Å². The van der Waals surface area contributed by atoms with Crippen LogP contribution in [0.25, 0.3) is 11.8 Å². The zero-order chi connectivity index (χ0) is 22.8. The lowest BCUT2D eigenvalue weighted by Crippen LogP contribution is -2.39. The molecule has 0 radical (unpaired) electrons. The third-order valence-corrected chi connectivity index (χ3v) is 6.38. The minimum atomic E-state index is 0.274. The third kappa shape index (κ3) is 4.38. The van der Waals surface area contributed by atoms with Crippen molar-refractivity contribution in [2.45, 2.75) is 39.2 Å². The van der Waals surface area contributed by atoms with E-state index in [1.54, 1.807) is 7.11 Å². The second-order valence-electron chi connectivity index (χ2n) is 8.79. The minimum absolute atomic E-state index is 0.274. The van der Waals surface area contributed by atoms with E-state index in [4.69, 9.17) is 9.57 Å². The maximum atomic E-state index is 5.71. The number of nitrogens with zero attached hydrogens (tertiary/aromatic N) is 4. The Morgan fingerprint density at radius 1 is 1.15 bits per heavy atom. The van der Waals surface area contributed by atoms with Crippen LogP contribution >= 0.6 is 0 Å². The van der Waals surface area contributed by atoms with Gasteiger partial charge in [0.05, 0.1) is 30.9 Å². The van der Waals surface area contributed by atoms with Gasteiger partial charge in [-0.25, -0.2) is 4.98 Å². The standard InChI is InChI=1S/C27H30N4O2/c1-19-6-4-7-22(14-19)24-11-13-33-29-27-23(8-5-12-31(24)27)15-21-9-10-25(26(16-21)32-3)30-17-20(2)28-18-30/h4,6-7,9-10,14-18,24H,5,8,11-13H2,1-3H3/b23-15+/t24-/m1/s1. The summed E-state index contributed by atoms with van der Waals surface area (Å²) >= 11 is 0. The van der Waals surface area contributed by atoms with Gasteiger partial charge >= 0.3 is 0 Å². The van der Waals surface area contributed by atoms with E-state index in [0.29, 0.717) is 6.61 Å². The van der Waals surface area contributed by atoms with Crippen LogP contribution in [-0.4, -0.2) is 40.5 Å². The highest BCUT2D eigenvalue weighted by Gasteiger charge is 2.31. The highest BCUT2D eigenvalue weighted by molar-refractivity contribution is 6.02. The maximum absolute atomic E-state index is 5.71. The molecule has 0 spiro atoms. The van der Waals surface area contributed by atoms with Gasteiger partial charge in [-0.2, -0.15) is 0 Å². The van der Waals surface area contributed by atoms with E-state index in [9.17, 15) is 0 Å². The van der Waals surface area contributed by atoms with Gasteiger partial charge in [0.25, 0.3) is 0 Å². The summed E-state index contributed by atoms with van der Waals surface area (Å²) in [5.41, 5.74) is 6.85. The summed E-state index contributed by atoms with van der Waals surface area (Å²) in [6, 6.07) is 15.3. The number of ether oxygens (including phenoxy) is 1. The molecule has 1 aromatic heterocycles. The molecular formula is C27H30N4O2. The van der Waals surface area contributed by atoms with Gasteiger partial charge in [0.15, 0.2) is 5.84 Å². The number of methoxy groups -OCH3 is 1. The quantitative estimate of drug-likeness (QED) is 0.539. The van der Waals surface area contributed by atoms with E-state index in [1.165, 1.54) is 16.7 Å². The van der Waals surface area contributed by atoms with Crippen LogP contribution in [-0.2, 0) is 4.84 Å². The van der Waals surface area contributed by atoms with E-state index >= 15 is 0 Å². The van der Waals surface area contributed by atoms with E-state index in [-0.39, 0.29) is 6.04 Å². The predicted octanol–water partition coefficient (Wildman–Crippen LogP) is 5.45. The Kier molecular flexibility index (Phi) is 5.90. The molecule has 1 saturated heterocycles. The summed E-state index contributed by atoms with van der Waals surface area (Å²) in [6.07, 6.45) is 9.03. The SMILES string of the molecule is COc1cc(/C=C2\CCCN3C2=NOCC[C@@H]3c2cccc(C)c2)ccc1-n1cnc(C)c1. The van der Waals surface area contributed by atoms with Crippen molar-refractivity contribution in [2.75, 3.05) is 20.3 Å². The fraction of sp³-hybridized carbons (Fsp3) is 0.333. The molecule has 0 aliphatic carbocycles. The van der Waals surface area contributed by atoms with Crippen LogP contribution in [0, 0.1) is 13.8 Å². The van der Waals surface area contributed by atoms with Crippen molar-refractivity contribution < 1.29 is 9.57 Å². The molecular weight excluding hydrogens is 412 g/mol. The second-order valence-corrected chi connectivity index (χ2v) is 8.79. The molecule has 0 N–H and O–H groups in total. The smallest absolute Gasteiger partial charge is 0.171 e. The van der Waals surface area contributed by atoms with Crippen LogP contribution in [0.4, 0.5) is 0 Å². The molecule has 6 nitrogen and oxygen atoms in total. The second kappa shape index (κ2) is 9.14. The largest absolute Gasteiger partial charge is 0.495 e. The number of imidazole rings is 1. The summed E-state index contributed by atoms with van der Waals surface area (Å²) < 4.78 is 7.70. The van der Waals surface area contributed by atoms with Crippen molar-refractivity contribution in [3.05, 3.63) is 82.9 Å². The summed E-state index contributed by atoms with van der Waals surface area (Å²) in [7, 11) is 1.71. The Morgan fingerprint density at radius 3 is 2.85 bits per heavy atom. The Hall–Kier alpha value is -3.54. The molecule has 170 valence electrons. The topological polar surface area (TPSA) is 51.9 Å². The summed E-state index contributed by atoms with van der Waals surface area (Å²) in [6.45, 7) is 5.74. The van der Waals surface area contributed by atoms with Crippen molar-refractivity contribution in [1.29, 1.82) is 0 Å². The van der Waals surface area contributed by atoms with Gasteiger partial charge in [-0.15, -0.1) is 0 Å². The van der Waals surface area contributed by atoms with Gasteiger partial charge in [0.2, 0.25) is 0 Å². The number of aromatic nitrogens is 2. The Balaban J connectivity index is 1.48. The maximum Gasteiger partial charge on any atom is 0.171 e. The van der Waals surface area contributed by atoms with Crippen molar-refractivity contribution in [1.82, 2.24) is 14.5 Å². The Morgan fingerprint density at radius 2 is 2.06 bits per heavy atom. The van der Waals surface area contributed by atoms with Crippen LogP contribution in [0.1, 0.15) is 47.7 Å². The molecule has 0 saturated carbocycles. The third-order valence-electron chi connectivity index (χ3n) is 6.38. The number of hydrogen-bond acceptors (Lipinski definition) is 5. The van der Waals surface area contributed by atoms with Crippen LogP contribution in [0.2, 0.25) is 0 Å². The van der Waals surface area contributed by atoms with Gasteiger partial charge < -0.3 is 19.0 Å². The van der Waals surface area contributed by atoms with Gasteiger partial charge in [0, 0.05) is 19.2 Å². The first-order valence-electron chi connectivity index (χ1n) is 11.6. The molecule has 0 bridgehead atoms. The zero-order valence-electron chi connectivity index (χ0n) is 19.5. The normalized spacial score (nSPS) is 19.5. The molecule has 2 aliphatic rings.